The number of hydrogen-bond donors (Lipinski definition) is 1. The van der Waals surface area contributed by atoms with Crippen molar-refractivity contribution >= 4 is 11.8 Å². The molecule has 1 N–H and O–H groups in total. The van der Waals surface area contributed by atoms with Crippen LogP contribution >= 0.6 is 0 Å². The summed E-state index contributed by atoms with van der Waals surface area (Å²) in [5.74, 6) is 1.34. The third kappa shape index (κ3) is 6.73. The molecule has 178 valence electrons. The van der Waals surface area contributed by atoms with Gasteiger partial charge in [-0.1, -0.05) is 49.7 Å². The van der Waals surface area contributed by atoms with Crippen molar-refractivity contribution < 1.29 is 19.1 Å². The minimum atomic E-state index is -0.507. The summed E-state index contributed by atoms with van der Waals surface area (Å²) in [5, 5.41) is 3.06. The molecule has 6 nitrogen and oxygen atoms in total. The maximum Gasteiger partial charge on any atom is 0.243 e. The molecule has 0 radical (unpaired) electrons. The second-order valence-electron chi connectivity index (χ2n) is 8.73. The van der Waals surface area contributed by atoms with Gasteiger partial charge in [-0.25, -0.2) is 0 Å². The van der Waals surface area contributed by atoms with E-state index in [4.69, 9.17) is 9.47 Å². The van der Waals surface area contributed by atoms with E-state index in [1.807, 2.05) is 64.1 Å². The van der Waals surface area contributed by atoms with E-state index >= 15 is 0 Å². The first-order chi connectivity index (χ1) is 15.9. The average Bonchev–Trinajstić information content (AvgIpc) is 2.82. The summed E-state index contributed by atoms with van der Waals surface area (Å²) < 4.78 is 11.3. The lowest BCUT2D eigenvalue weighted by Gasteiger charge is -2.31. The Bertz CT molecular complexity index is 959. The molecular weight excluding hydrogens is 416 g/mol. The number of amides is 2. The highest BCUT2D eigenvalue weighted by molar-refractivity contribution is 5.88. The maximum atomic E-state index is 13.4. The lowest BCUT2D eigenvalue weighted by Crippen LogP contribution is -2.50. The van der Waals surface area contributed by atoms with Gasteiger partial charge in [0.15, 0.2) is 11.5 Å². The van der Waals surface area contributed by atoms with E-state index in [-0.39, 0.29) is 17.9 Å². The lowest BCUT2D eigenvalue weighted by atomic mass is 10.0. The molecule has 0 aliphatic carbocycles. The minimum absolute atomic E-state index is 0.0300. The van der Waals surface area contributed by atoms with E-state index in [0.29, 0.717) is 39.0 Å². The molecule has 0 fully saturated rings. The van der Waals surface area contributed by atoms with E-state index in [2.05, 4.69) is 11.4 Å². The van der Waals surface area contributed by atoms with Gasteiger partial charge < -0.3 is 19.7 Å². The van der Waals surface area contributed by atoms with Crippen LogP contribution in [0, 0.1) is 6.92 Å². The highest BCUT2D eigenvalue weighted by Crippen LogP contribution is 2.31. The number of hydrogen-bond acceptors (Lipinski definition) is 4. The number of carbonyl (C=O) groups excluding carboxylic acids is 2. The third-order valence-corrected chi connectivity index (χ3v) is 6.06. The Morgan fingerprint density at radius 2 is 1.76 bits per heavy atom. The minimum Gasteiger partial charge on any atom is -0.486 e. The van der Waals surface area contributed by atoms with Gasteiger partial charge in [-0.3, -0.25) is 9.59 Å². The van der Waals surface area contributed by atoms with Crippen molar-refractivity contribution in [2.75, 3.05) is 13.2 Å². The monoisotopic (exact) mass is 452 g/mol. The first-order valence-electron chi connectivity index (χ1n) is 11.9. The number of nitrogens with one attached hydrogen (secondary N) is 1. The van der Waals surface area contributed by atoms with E-state index in [0.717, 1.165) is 34.6 Å². The van der Waals surface area contributed by atoms with Crippen molar-refractivity contribution in [3.63, 3.8) is 0 Å². The first-order valence-corrected chi connectivity index (χ1v) is 11.9. The van der Waals surface area contributed by atoms with Gasteiger partial charge in [0.2, 0.25) is 11.8 Å². The van der Waals surface area contributed by atoms with Crippen molar-refractivity contribution in [3.05, 3.63) is 59.2 Å². The van der Waals surface area contributed by atoms with Gasteiger partial charge in [0.1, 0.15) is 19.3 Å². The summed E-state index contributed by atoms with van der Waals surface area (Å²) in [6, 6.07) is 13.5. The van der Waals surface area contributed by atoms with Crippen LogP contribution in [0.4, 0.5) is 0 Å². The van der Waals surface area contributed by atoms with Gasteiger partial charge in [0.25, 0.3) is 0 Å². The van der Waals surface area contributed by atoms with Gasteiger partial charge in [0, 0.05) is 19.0 Å². The van der Waals surface area contributed by atoms with Crippen LogP contribution < -0.4 is 14.8 Å². The lowest BCUT2D eigenvalue weighted by molar-refractivity contribution is -0.141. The Morgan fingerprint density at radius 1 is 1.00 bits per heavy atom. The second-order valence-corrected chi connectivity index (χ2v) is 8.73. The molecule has 0 saturated heterocycles. The Balaban J connectivity index is 1.76. The maximum absolute atomic E-state index is 13.4. The van der Waals surface area contributed by atoms with Gasteiger partial charge >= 0.3 is 0 Å². The smallest absolute Gasteiger partial charge is 0.243 e. The van der Waals surface area contributed by atoms with Gasteiger partial charge in [-0.05, 0) is 56.4 Å². The fraction of sp³-hybridized carbons (Fsp3) is 0.481. The Labute approximate surface area is 197 Å². The molecule has 2 amide bonds. The summed E-state index contributed by atoms with van der Waals surface area (Å²) in [7, 11) is 0. The zero-order chi connectivity index (χ0) is 23.8. The number of benzene rings is 2. The number of nitrogens with zero attached hydrogens (tertiary/aromatic N) is 1. The molecule has 0 spiro atoms. The highest BCUT2D eigenvalue weighted by Gasteiger charge is 2.29. The van der Waals surface area contributed by atoms with Crippen LogP contribution in [-0.2, 0) is 22.6 Å². The van der Waals surface area contributed by atoms with Crippen LogP contribution in [0.2, 0.25) is 0 Å². The summed E-state index contributed by atoms with van der Waals surface area (Å²) in [5.41, 5.74) is 3.17. The summed E-state index contributed by atoms with van der Waals surface area (Å²) >= 11 is 0. The van der Waals surface area contributed by atoms with Crippen LogP contribution in [0.5, 0.6) is 11.5 Å². The summed E-state index contributed by atoms with van der Waals surface area (Å²) in [4.78, 5) is 28.2. The van der Waals surface area contributed by atoms with E-state index < -0.39 is 6.04 Å². The number of carbonyl (C=O) groups is 2. The molecule has 1 aliphatic heterocycles. The van der Waals surface area contributed by atoms with Crippen molar-refractivity contribution in [3.8, 4) is 11.5 Å². The van der Waals surface area contributed by atoms with Crippen LogP contribution in [0.25, 0.3) is 0 Å². The summed E-state index contributed by atoms with van der Waals surface area (Å²) in [6.07, 6.45) is 2.30. The molecule has 33 heavy (non-hydrogen) atoms. The van der Waals surface area contributed by atoms with Gasteiger partial charge in [-0.2, -0.15) is 0 Å². The molecule has 1 aliphatic rings. The molecule has 2 aromatic carbocycles. The number of fused-ring (bicyclic) bond motifs is 1. The molecule has 6 heteroatoms. The Kier molecular flexibility index (Phi) is 8.75. The Hall–Kier alpha value is -3.02. The fourth-order valence-corrected chi connectivity index (χ4v) is 4.01. The molecule has 0 aromatic heterocycles. The van der Waals surface area contributed by atoms with Crippen LogP contribution in [-0.4, -0.2) is 42.0 Å². The van der Waals surface area contributed by atoms with Crippen molar-refractivity contribution in [2.24, 2.45) is 0 Å². The zero-order valence-corrected chi connectivity index (χ0v) is 20.2. The van der Waals surface area contributed by atoms with Gasteiger partial charge in [-0.15, -0.1) is 0 Å². The van der Waals surface area contributed by atoms with Crippen LogP contribution in [0.3, 0.4) is 0 Å². The molecule has 2 aromatic rings. The third-order valence-electron chi connectivity index (χ3n) is 6.06. The van der Waals surface area contributed by atoms with Crippen LogP contribution in [0.1, 0.15) is 56.7 Å². The predicted molar refractivity (Wildman–Crippen MR) is 129 cm³/mol. The summed E-state index contributed by atoms with van der Waals surface area (Å²) in [6.45, 7) is 9.50. The quantitative estimate of drug-likeness (QED) is 0.579. The fourth-order valence-electron chi connectivity index (χ4n) is 4.01. The predicted octanol–water partition coefficient (Wildman–Crippen LogP) is 4.42. The average molecular weight is 453 g/mol. The largest absolute Gasteiger partial charge is 0.486 e. The molecule has 0 saturated carbocycles. The first kappa shape index (κ1) is 24.6. The van der Waals surface area contributed by atoms with E-state index in [1.165, 1.54) is 0 Å². The number of rotatable bonds is 10. The standard InChI is InChI=1S/C27H36N2O4/c1-5-20(4)28-27(31)23(6-2)29(18-22-9-7-8-19(3)16-22)26(30)13-11-21-10-12-24-25(17-21)33-15-14-32-24/h7-10,12,16-17,20,23H,5-6,11,13-15,18H2,1-4H3,(H,28,31)/t20-,23-/m1/s1. The molecular formula is C27H36N2O4. The highest BCUT2D eigenvalue weighted by atomic mass is 16.6. The van der Waals surface area contributed by atoms with E-state index in [9.17, 15) is 9.59 Å². The molecule has 1 heterocycles. The molecule has 0 unspecified atom stereocenters. The van der Waals surface area contributed by atoms with Crippen molar-refractivity contribution in [2.45, 2.75) is 72.0 Å². The number of ether oxygens (including phenoxy) is 2. The number of aryl methyl sites for hydroxylation is 2. The second kappa shape index (κ2) is 11.7. The Morgan fingerprint density at radius 3 is 2.45 bits per heavy atom. The molecule has 3 rings (SSSR count). The van der Waals surface area contributed by atoms with Crippen molar-refractivity contribution in [1.29, 1.82) is 0 Å². The SMILES string of the molecule is CC[C@@H](C)NC(=O)[C@@H](CC)N(Cc1cccc(C)c1)C(=O)CCc1ccc2c(c1)OCCO2. The molecule has 2 atom stereocenters. The van der Waals surface area contributed by atoms with Crippen molar-refractivity contribution in [1.82, 2.24) is 10.2 Å². The zero-order valence-electron chi connectivity index (χ0n) is 20.2. The van der Waals surface area contributed by atoms with E-state index in [1.54, 1.807) is 4.90 Å². The molecule has 0 bridgehead atoms. The topological polar surface area (TPSA) is 67.9 Å². The van der Waals surface area contributed by atoms with Gasteiger partial charge in [0.05, 0.1) is 0 Å². The van der Waals surface area contributed by atoms with Crippen LogP contribution in [0.15, 0.2) is 42.5 Å². The normalized spacial score (nSPS) is 14.3.